The van der Waals surface area contributed by atoms with E-state index in [4.69, 9.17) is 4.74 Å². The van der Waals surface area contributed by atoms with Gasteiger partial charge in [-0.3, -0.25) is 0 Å². The zero-order chi connectivity index (χ0) is 23.1. The van der Waals surface area contributed by atoms with Crippen molar-refractivity contribution in [1.82, 2.24) is 29.7 Å². The Morgan fingerprint density at radius 1 is 1.12 bits per heavy atom. The fraction of sp³-hybridized carbons (Fsp3) is 0.286. The smallest absolute Gasteiger partial charge is 0.341 e. The minimum Gasteiger partial charge on any atom is -0.468 e. The first-order valence-corrected chi connectivity index (χ1v) is 10.1. The highest BCUT2D eigenvalue weighted by molar-refractivity contribution is 5.79. The summed E-state index contributed by atoms with van der Waals surface area (Å²) in [7, 11) is 1.74. The van der Waals surface area contributed by atoms with Gasteiger partial charge in [0.1, 0.15) is 29.8 Å². The van der Waals surface area contributed by atoms with Crippen molar-refractivity contribution in [2.24, 2.45) is 12.1 Å². The van der Waals surface area contributed by atoms with Crippen molar-refractivity contribution >= 4 is 12.2 Å². The Bertz CT molecular complexity index is 1220. The molecule has 1 atom stereocenters. The molecular weight excluding hydrogens is 439 g/mol. The summed E-state index contributed by atoms with van der Waals surface area (Å²) in [4.78, 5) is 18.5. The molecule has 0 radical (unpaired) electrons. The van der Waals surface area contributed by atoms with Crippen molar-refractivity contribution in [3.63, 3.8) is 0 Å². The van der Waals surface area contributed by atoms with Crippen LogP contribution in [-0.2, 0) is 7.05 Å². The number of halogens is 3. The van der Waals surface area contributed by atoms with Crippen LogP contribution in [0, 0.1) is 17.5 Å². The van der Waals surface area contributed by atoms with Crippen molar-refractivity contribution in [2.75, 3.05) is 13.1 Å². The molecule has 0 aliphatic carbocycles. The zero-order valence-corrected chi connectivity index (χ0v) is 17.4. The van der Waals surface area contributed by atoms with E-state index in [1.165, 1.54) is 46.7 Å². The van der Waals surface area contributed by atoms with E-state index in [-0.39, 0.29) is 19.0 Å². The minimum atomic E-state index is -0.722. The number of hydrazone groups is 1. The Balaban J connectivity index is 1.24. The van der Waals surface area contributed by atoms with E-state index in [9.17, 15) is 18.0 Å². The number of aryl methyl sites for hydroxylation is 1. The van der Waals surface area contributed by atoms with Crippen LogP contribution >= 0.6 is 0 Å². The average molecular weight is 457 g/mol. The van der Waals surface area contributed by atoms with Gasteiger partial charge in [0.05, 0.1) is 19.1 Å². The maximum atomic E-state index is 14.2. The van der Waals surface area contributed by atoms with Crippen LogP contribution in [-0.4, -0.2) is 61.1 Å². The molecule has 12 heteroatoms. The number of pyridine rings is 1. The summed E-state index contributed by atoms with van der Waals surface area (Å²) in [5.41, 5.74) is 0.716. The molecule has 0 N–H and O–H groups in total. The van der Waals surface area contributed by atoms with Crippen LogP contribution in [0.2, 0.25) is 0 Å². The molecule has 1 aromatic carbocycles. The van der Waals surface area contributed by atoms with Crippen molar-refractivity contribution in [1.29, 1.82) is 0 Å². The number of likely N-dealkylation sites (tertiary alicyclic amines) is 1. The second kappa shape index (κ2) is 8.19. The first kappa shape index (κ1) is 20.9. The zero-order valence-electron chi connectivity index (χ0n) is 17.4. The van der Waals surface area contributed by atoms with Gasteiger partial charge in [0.25, 0.3) is 5.88 Å². The van der Waals surface area contributed by atoms with Gasteiger partial charge >= 0.3 is 6.03 Å². The molecule has 2 amide bonds. The number of rotatable bonds is 4. The Labute approximate surface area is 186 Å². The molecule has 2 aliphatic heterocycles. The number of ether oxygens (including phenoxy) is 1. The Morgan fingerprint density at radius 3 is 2.58 bits per heavy atom. The normalized spacial score (nSPS) is 18.0. The van der Waals surface area contributed by atoms with E-state index in [0.717, 1.165) is 6.07 Å². The Hall–Kier alpha value is -3.96. The quantitative estimate of drug-likeness (QED) is 0.601. The summed E-state index contributed by atoms with van der Waals surface area (Å²) in [5, 5.41) is 13.0. The van der Waals surface area contributed by atoms with Crippen LogP contribution in [0.4, 0.5) is 18.0 Å². The number of carbonyl (C=O) groups excluding carboxylic acids is 1. The first-order valence-electron chi connectivity index (χ1n) is 10.1. The number of aromatic nitrogens is 4. The monoisotopic (exact) mass is 457 g/mol. The summed E-state index contributed by atoms with van der Waals surface area (Å²) in [5.74, 6) is -1.82. The predicted octanol–water partition coefficient (Wildman–Crippen LogP) is 2.91. The summed E-state index contributed by atoms with van der Waals surface area (Å²) in [6.07, 6.45) is 2.90. The third kappa shape index (κ3) is 3.99. The Kier molecular flexibility index (Phi) is 5.19. The molecule has 1 fully saturated rings. The molecule has 170 valence electrons. The second-order valence-electron chi connectivity index (χ2n) is 7.77. The van der Waals surface area contributed by atoms with E-state index in [2.05, 4.69) is 20.3 Å². The molecule has 1 saturated heterocycles. The minimum absolute atomic E-state index is 0.185. The van der Waals surface area contributed by atoms with E-state index in [1.54, 1.807) is 11.6 Å². The van der Waals surface area contributed by atoms with Gasteiger partial charge in [-0.2, -0.15) is 5.10 Å². The van der Waals surface area contributed by atoms with E-state index >= 15 is 0 Å². The number of nitrogens with zero attached hydrogens (tertiary/aromatic N) is 7. The van der Waals surface area contributed by atoms with Crippen molar-refractivity contribution in [3.8, 4) is 17.4 Å². The molecule has 5 rings (SSSR count). The SMILES string of the molecule is Cn1cnnc1-c1ccc(F)c(OC2CN(C(=O)N3N=CC[C@H]3c3cc(F)cc(F)c3)C2)n1. The number of carbonyl (C=O) groups is 1. The van der Waals surface area contributed by atoms with Crippen LogP contribution in [0.25, 0.3) is 11.5 Å². The number of amides is 2. The summed E-state index contributed by atoms with van der Waals surface area (Å²) in [6.45, 7) is 0.370. The molecule has 4 heterocycles. The summed E-state index contributed by atoms with van der Waals surface area (Å²) in [6, 6.07) is 4.81. The highest BCUT2D eigenvalue weighted by Crippen LogP contribution is 2.32. The Morgan fingerprint density at radius 2 is 1.88 bits per heavy atom. The third-order valence-electron chi connectivity index (χ3n) is 5.45. The predicted molar refractivity (Wildman–Crippen MR) is 110 cm³/mol. The highest BCUT2D eigenvalue weighted by Gasteiger charge is 2.39. The molecule has 2 aromatic heterocycles. The molecule has 9 nitrogen and oxygen atoms in total. The van der Waals surface area contributed by atoms with Crippen molar-refractivity contribution in [2.45, 2.75) is 18.6 Å². The molecule has 2 aliphatic rings. The van der Waals surface area contributed by atoms with Crippen molar-refractivity contribution in [3.05, 3.63) is 59.7 Å². The fourth-order valence-corrected chi connectivity index (χ4v) is 3.76. The molecular formula is C21H18F3N7O2. The van der Waals surface area contributed by atoms with Gasteiger partial charge in [0.2, 0.25) is 0 Å². The lowest BCUT2D eigenvalue weighted by Crippen LogP contribution is -2.59. The average Bonchev–Trinajstić information content (AvgIpc) is 3.39. The van der Waals surface area contributed by atoms with Gasteiger partial charge in [0.15, 0.2) is 11.6 Å². The molecule has 33 heavy (non-hydrogen) atoms. The maximum absolute atomic E-state index is 14.2. The standard InChI is InChI=1S/C21H18F3N7O2/c1-29-11-25-28-19(29)17-3-2-16(24)20(27-17)33-15-9-30(10-15)21(32)31-18(4-5-26-31)12-6-13(22)8-14(23)7-12/h2-3,5-8,11,15,18H,4,9-10H2,1H3/t18-/m0/s1. The van der Waals surface area contributed by atoms with Crippen LogP contribution in [0.5, 0.6) is 5.88 Å². The molecule has 0 bridgehead atoms. The van der Waals surface area contributed by atoms with Gasteiger partial charge in [-0.1, -0.05) is 0 Å². The lowest BCUT2D eigenvalue weighted by atomic mass is 10.0. The van der Waals surface area contributed by atoms with Crippen LogP contribution < -0.4 is 4.74 Å². The summed E-state index contributed by atoms with van der Waals surface area (Å²) >= 11 is 0. The van der Waals surface area contributed by atoms with Crippen LogP contribution in [0.15, 0.2) is 41.8 Å². The first-order chi connectivity index (χ1) is 15.9. The molecule has 3 aromatic rings. The van der Waals surface area contributed by atoms with Gasteiger partial charge in [0, 0.05) is 25.7 Å². The van der Waals surface area contributed by atoms with Gasteiger partial charge in [-0.15, -0.1) is 10.2 Å². The summed E-state index contributed by atoms with van der Waals surface area (Å²) < 4.78 is 48.8. The molecule has 0 saturated carbocycles. The largest absolute Gasteiger partial charge is 0.468 e. The highest BCUT2D eigenvalue weighted by atomic mass is 19.1. The number of benzene rings is 1. The van der Waals surface area contributed by atoms with E-state index in [0.29, 0.717) is 23.5 Å². The van der Waals surface area contributed by atoms with E-state index < -0.39 is 35.6 Å². The van der Waals surface area contributed by atoms with Crippen LogP contribution in [0.3, 0.4) is 0 Å². The third-order valence-corrected chi connectivity index (χ3v) is 5.45. The molecule has 0 unspecified atom stereocenters. The molecule has 0 spiro atoms. The lowest BCUT2D eigenvalue weighted by molar-refractivity contribution is 0.0231. The van der Waals surface area contributed by atoms with Crippen molar-refractivity contribution < 1.29 is 22.7 Å². The fourth-order valence-electron chi connectivity index (χ4n) is 3.76. The topological polar surface area (TPSA) is 88.7 Å². The van der Waals surface area contributed by atoms with E-state index in [1.807, 2.05) is 0 Å². The van der Waals surface area contributed by atoms with Gasteiger partial charge in [-0.05, 0) is 29.8 Å². The maximum Gasteiger partial charge on any atom is 0.341 e. The number of hydrogen-bond donors (Lipinski definition) is 0. The van der Waals surface area contributed by atoms with Crippen LogP contribution in [0.1, 0.15) is 18.0 Å². The van der Waals surface area contributed by atoms with Gasteiger partial charge in [-0.25, -0.2) is 28.0 Å². The lowest BCUT2D eigenvalue weighted by Gasteiger charge is -2.40. The number of urea groups is 1. The number of hydrogen-bond acceptors (Lipinski definition) is 6. The van der Waals surface area contributed by atoms with Gasteiger partial charge < -0.3 is 14.2 Å². The second-order valence-corrected chi connectivity index (χ2v) is 7.77.